The van der Waals surface area contributed by atoms with Crippen LogP contribution in [0.25, 0.3) is 0 Å². The van der Waals surface area contributed by atoms with Crippen molar-refractivity contribution in [3.05, 3.63) is 38.5 Å². The van der Waals surface area contributed by atoms with Gasteiger partial charge in [-0.15, -0.1) is 0 Å². The number of aliphatic hydroxyl groups excluding tert-OH is 1. The minimum atomic E-state index is -0.600. The minimum absolute atomic E-state index is 0.332. The molecule has 1 atom stereocenters. The predicted octanol–water partition coefficient (Wildman–Crippen LogP) is 4.42. The van der Waals surface area contributed by atoms with Crippen molar-refractivity contribution in [3.63, 3.8) is 0 Å². The van der Waals surface area contributed by atoms with Crippen molar-refractivity contribution in [2.24, 2.45) is 0 Å². The second-order valence-electron chi connectivity index (χ2n) is 4.53. The van der Waals surface area contributed by atoms with Gasteiger partial charge in [-0.1, -0.05) is 30.1 Å². The van der Waals surface area contributed by atoms with Crippen LogP contribution in [-0.2, 0) is 0 Å². The van der Waals surface area contributed by atoms with Crippen LogP contribution in [0.1, 0.15) is 25.0 Å². The molecular formula is C14H17Cl2N3OS. The first-order valence-electron chi connectivity index (χ1n) is 6.65. The standard InChI is InChI=1S/C14H17Cl2N3OS/c1-2-4-17-13-10(15)6-11(16)14(19-13)18-7-12(20)9-3-5-21-8-9/h3,5-6,8,12,20H,2,4,7H2,1H3,(H2,17,18,19). The Kier molecular flexibility index (Phi) is 6.11. The highest BCUT2D eigenvalue weighted by atomic mass is 35.5. The summed E-state index contributed by atoms with van der Waals surface area (Å²) in [5.41, 5.74) is 0.877. The van der Waals surface area contributed by atoms with Crippen LogP contribution in [0.15, 0.2) is 22.9 Å². The van der Waals surface area contributed by atoms with Gasteiger partial charge >= 0.3 is 0 Å². The van der Waals surface area contributed by atoms with E-state index in [4.69, 9.17) is 23.2 Å². The summed E-state index contributed by atoms with van der Waals surface area (Å²) < 4.78 is 0. The van der Waals surface area contributed by atoms with Crippen molar-refractivity contribution in [1.29, 1.82) is 0 Å². The Hall–Kier alpha value is -1.01. The average Bonchev–Trinajstić information content (AvgIpc) is 2.99. The fourth-order valence-electron chi connectivity index (χ4n) is 1.73. The molecule has 0 aliphatic rings. The fourth-order valence-corrected chi connectivity index (χ4v) is 2.93. The van der Waals surface area contributed by atoms with E-state index in [1.165, 1.54) is 0 Å². The van der Waals surface area contributed by atoms with Crippen molar-refractivity contribution < 1.29 is 5.11 Å². The Morgan fingerprint density at radius 3 is 2.62 bits per heavy atom. The molecule has 2 rings (SSSR count). The van der Waals surface area contributed by atoms with Gasteiger partial charge in [-0.25, -0.2) is 4.98 Å². The lowest BCUT2D eigenvalue weighted by molar-refractivity contribution is 0.192. The molecule has 0 spiro atoms. The molecule has 4 nitrogen and oxygen atoms in total. The third kappa shape index (κ3) is 4.48. The SMILES string of the molecule is CCCNc1nc(NCC(O)c2ccsc2)c(Cl)cc1Cl. The smallest absolute Gasteiger partial charge is 0.147 e. The lowest BCUT2D eigenvalue weighted by Gasteiger charge is -2.14. The summed E-state index contributed by atoms with van der Waals surface area (Å²) in [4.78, 5) is 4.37. The minimum Gasteiger partial charge on any atom is -0.387 e. The van der Waals surface area contributed by atoms with E-state index in [1.54, 1.807) is 17.4 Å². The van der Waals surface area contributed by atoms with Crippen LogP contribution in [0.5, 0.6) is 0 Å². The first-order chi connectivity index (χ1) is 10.1. The largest absolute Gasteiger partial charge is 0.387 e. The molecule has 0 saturated carbocycles. The van der Waals surface area contributed by atoms with Gasteiger partial charge in [0.05, 0.1) is 16.1 Å². The fraction of sp³-hybridized carbons (Fsp3) is 0.357. The van der Waals surface area contributed by atoms with Gasteiger partial charge in [-0.3, -0.25) is 0 Å². The van der Waals surface area contributed by atoms with E-state index in [-0.39, 0.29) is 0 Å². The number of hydrogen-bond acceptors (Lipinski definition) is 5. The molecule has 1 unspecified atom stereocenters. The summed E-state index contributed by atoms with van der Waals surface area (Å²) in [6.07, 6.45) is 0.372. The maximum absolute atomic E-state index is 10.1. The summed E-state index contributed by atoms with van der Waals surface area (Å²) in [5.74, 6) is 1.10. The van der Waals surface area contributed by atoms with Gasteiger partial charge < -0.3 is 15.7 Å². The Morgan fingerprint density at radius 1 is 1.29 bits per heavy atom. The van der Waals surface area contributed by atoms with Crippen LogP contribution in [0, 0.1) is 0 Å². The van der Waals surface area contributed by atoms with Crippen LogP contribution in [0.2, 0.25) is 10.0 Å². The van der Waals surface area contributed by atoms with E-state index in [9.17, 15) is 5.11 Å². The second kappa shape index (κ2) is 7.84. The Morgan fingerprint density at radius 2 is 2.00 bits per heavy atom. The molecule has 2 aromatic heterocycles. The molecule has 0 aliphatic heterocycles. The van der Waals surface area contributed by atoms with Crippen LogP contribution in [-0.4, -0.2) is 23.2 Å². The lowest BCUT2D eigenvalue weighted by atomic mass is 10.2. The first kappa shape index (κ1) is 16.4. The number of aromatic nitrogens is 1. The van der Waals surface area contributed by atoms with Gasteiger partial charge in [-0.2, -0.15) is 11.3 Å². The Balaban J connectivity index is 2.05. The summed E-state index contributed by atoms with van der Waals surface area (Å²) >= 11 is 13.8. The molecule has 0 bridgehead atoms. The number of rotatable bonds is 7. The van der Waals surface area contributed by atoms with Gasteiger partial charge in [0.1, 0.15) is 11.6 Å². The van der Waals surface area contributed by atoms with E-state index in [0.717, 1.165) is 18.5 Å². The molecule has 0 fully saturated rings. The van der Waals surface area contributed by atoms with Crippen LogP contribution in [0.3, 0.4) is 0 Å². The van der Waals surface area contributed by atoms with E-state index >= 15 is 0 Å². The van der Waals surface area contributed by atoms with Crippen LogP contribution >= 0.6 is 34.5 Å². The highest BCUT2D eigenvalue weighted by Gasteiger charge is 2.12. The molecule has 21 heavy (non-hydrogen) atoms. The van der Waals surface area contributed by atoms with Gasteiger partial charge in [0.15, 0.2) is 0 Å². The molecule has 2 heterocycles. The third-order valence-electron chi connectivity index (χ3n) is 2.86. The molecule has 0 aromatic carbocycles. The topological polar surface area (TPSA) is 57.2 Å². The highest BCUT2D eigenvalue weighted by Crippen LogP contribution is 2.29. The number of nitrogens with zero attached hydrogens (tertiary/aromatic N) is 1. The summed E-state index contributed by atoms with van der Waals surface area (Å²) in [6, 6.07) is 3.54. The zero-order chi connectivity index (χ0) is 15.2. The van der Waals surface area contributed by atoms with E-state index in [2.05, 4.69) is 22.5 Å². The molecule has 0 aliphatic carbocycles. The molecule has 0 radical (unpaired) electrons. The molecule has 3 N–H and O–H groups in total. The average molecular weight is 346 g/mol. The molecule has 114 valence electrons. The van der Waals surface area contributed by atoms with Crippen molar-refractivity contribution in [2.75, 3.05) is 23.7 Å². The Bertz CT molecular complexity index is 578. The van der Waals surface area contributed by atoms with E-state index in [1.807, 2.05) is 16.8 Å². The number of halogens is 2. The highest BCUT2D eigenvalue weighted by molar-refractivity contribution is 7.07. The number of anilines is 2. The van der Waals surface area contributed by atoms with Crippen molar-refractivity contribution in [1.82, 2.24) is 4.98 Å². The van der Waals surface area contributed by atoms with Crippen molar-refractivity contribution in [2.45, 2.75) is 19.4 Å². The molecule has 7 heteroatoms. The van der Waals surface area contributed by atoms with E-state index in [0.29, 0.717) is 28.2 Å². The predicted molar refractivity (Wildman–Crippen MR) is 90.8 cm³/mol. The van der Waals surface area contributed by atoms with Crippen molar-refractivity contribution >= 4 is 46.2 Å². The van der Waals surface area contributed by atoms with Crippen molar-refractivity contribution in [3.8, 4) is 0 Å². The maximum Gasteiger partial charge on any atom is 0.147 e. The second-order valence-corrected chi connectivity index (χ2v) is 6.12. The Labute approximate surface area is 138 Å². The molecule has 2 aromatic rings. The lowest BCUT2D eigenvalue weighted by Crippen LogP contribution is -2.13. The van der Waals surface area contributed by atoms with E-state index < -0.39 is 6.10 Å². The molecular weight excluding hydrogens is 329 g/mol. The number of thiophene rings is 1. The molecule has 0 saturated heterocycles. The monoisotopic (exact) mass is 345 g/mol. The van der Waals surface area contributed by atoms with Gasteiger partial charge in [0.2, 0.25) is 0 Å². The maximum atomic E-state index is 10.1. The normalized spacial score (nSPS) is 12.2. The zero-order valence-electron chi connectivity index (χ0n) is 11.6. The van der Waals surface area contributed by atoms with Gasteiger partial charge in [0, 0.05) is 13.1 Å². The zero-order valence-corrected chi connectivity index (χ0v) is 13.9. The third-order valence-corrected chi connectivity index (χ3v) is 4.14. The summed E-state index contributed by atoms with van der Waals surface area (Å²) in [6.45, 7) is 3.18. The van der Waals surface area contributed by atoms with Crippen LogP contribution < -0.4 is 10.6 Å². The summed E-state index contributed by atoms with van der Waals surface area (Å²) in [5, 5.41) is 21.0. The number of hydrogen-bond donors (Lipinski definition) is 3. The number of pyridine rings is 1. The number of aliphatic hydroxyl groups is 1. The van der Waals surface area contributed by atoms with Gasteiger partial charge in [-0.05, 0) is 34.9 Å². The quantitative estimate of drug-likeness (QED) is 0.695. The van der Waals surface area contributed by atoms with Crippen LogP contribution in [0.4, 0.5) is 11.6 Å². The van der Waals surface area contributed by atoms with Gasteiger partial charge in [0.25, 0.3) is 0 Å². The summed E-state index contributed by atoms with van der Waals surface area (Å²) in [7, 11) is 0. The number of nitrogens with one attached hydrogen (secondary N) is 2. The molecule has 0 amide bonds. The first-order valence-corrected chi connectivity index (χ1v) is 8.35.